The molecule has 4 aromatic heterocycles. The van der Waals surface area contributed by atoms with Gasteiger partial charge in [-0.15, -0.1) is 0 Å². The Balaban J connectivity index is 1.25. The Morgan fingerprint density at radius 3 is 2.73 bits per heavy atom. The van der Waals surface area contributed by atoms with Crippen molar-refractivity contribution in [2.45, 2.75) is 69.9 Å². The van der Waals surface area contributed by atoms with Crippen LogP contribution in [0.1, 0.15) is 58.2 Å². The first-order valence-electron chi connectivity index (χ1n) is 13.4. The summed E-state index contributed by atoms with van der Waals surface area (Å²) in [5, 5.41) is 25.6. The predicted molar refractivity (Wildman–Crippen MR) is 144 cm³/mol. The van der Waals surface area contributed by atoms with Gasteiger partial charge < -0.3 is 20.5 Å². The zero-order valence-corrected chi connectivity index (χ0v) is 22.0. The quantitative estimate of drug-likeness (QED) is 0.272. The smallest absolute Gasteiger partial charge is 0.333 e. The van der Waals surface area contributed by atoms with Crippen LogP contribution in [0.15, 0.2) is 49.2 Å². The lowest BCUT2D eigenvalue weighted by Crippen LogP contribution is -2.35. The number of rotatable bonds is 8. The Bertz CT molecular complexity index is 1460. The minimum Gasteiger partial charge on any atom is -0.390 e. The summed E-state index contributed by atoms with van der Waals surface area (Å²) in [5.41, 5.74) is 1.79. The van der Waals surface area contributed by atoms with Gasteiger partial charge in [-0.1, -0.05) is 0 Å². The summed E-state index contributed by atoms with van der Waals surface area (Å²) >= 11 is 0. The Morgan fingerprint density at radius 1 is 1.12 bits per heavy atom. The molecule has 3 N–H and O–H groups in total. The molecule has 1 unspecified atom stereocenters. The van der Waals surface area contributed by atoms with Gasteiger partial charge in [0.25, 0.3) is 0 Å². The lowest BCUT2D eigenvalue weighted by Gasteiger charge is -2.34. The average Bonchev–Trinajstić information content (AvgIpc) is 3.72. The van der Waals surface area contributed by atoms with E-state index < -0.39 is 12.2 Å². The molecule has 5 heterocycles. The van der Waals surface area contributed by atoms with Crippen LogP contribution in [-0.4, -0.2) is 57.9 Å². The van der Waals surface area contributed by atoms with Gasteiger partial charge in [0.1, 0.15) is 17.9 Å². The number of pyridine rings is 1. The number of aliphatic hydroxyl groups is 1. The first-order valence-corrected chi connectivity index (χ1v) is 13.4. The van der Waals surface area contributed by atoms with Crippen molar-refractivity contribution in [3.8, 4) is 22.6 Å². The molecule has 0 aromatic carbocycles. The molecule has 1 saturated heterocycles. The highest BCUT2D eigenvalue weighted by molar-refractivity contribution is 5.78. The second-order valence-electron chi connectivity index (χ2n) is 10.6. The van der Waals surface area contributed by atoms with Crippen LogP contribution < -0.4 is 10.6 Å². The molecular formula is C27H31F2N9O2. The second-order valence-corrected chi connectivity index (χ2v) is 10.6. The molecule has 4 aromatic rings. The molecule has 1 aliphatic carbocycles. The summed E-state index contributed by atoms with van der Waals surface area (Å²) in [6, 6.07) is 5.21. The molecule has 210 valence electrons. The van der Waals surface area contributed by atoms with Crippen molar-refractivity contribution in [3.05, 3.63) is 49.2 Å². The maximum atomic E-state index is 13.2. The van der Waals surface area contributed by atoms with Gasteiger partial charge >= 0.3 is 6.55 Å². The number of anilines is 3. The van der Waals surface area contributed by atoms with E-state index in [4.69, 9.17) is 4.74 Å². The summed E-state index contributed by atoms with van der Waals surface area (Å²) in [4.78, 5) is 13.6. The van der Waals surface area contributed by atoms with E-state index in [9.17, 15) is 13.9 Å². The van der Waals surface area contributed by atoms with Crippen molar-refractivity contribution < 1.29 is 18.6 Å². The summed E-state index contributed by atoms with van der Waals surface area (Å²) in [5.74, 6) is 1.56. The van der Waals surface area contributed by atoms with Gasteiger partial charge in [0.2, 0.25) is 0 Å². The third-order valence-electron chi connectivity index (χ3n) is 7.38. The zero-order chi connectivity index (χ0) is 27.7. The van der Waals surface area contributed by atoms with Crippen LogP contribution >= 0.6 is 0 Å². The normalized spacial score (nSPS) is 23.0. The average molecular weight is 552 g/mol. The van der Waals surface area contributed by atoms with E-state index in [-0.39, 0.29) is 12.3 Å². The monoisotopic (exact) mass is 551 g/mol. The number of hydrogen-bond acceptors (Lipinski definition) is 9. The van der Waals surface area contributed by atoms with Crippen LogP contribution in [0.3, 0.4) is 0 Å². The number of halogens is 2. The second kappa shape index (κ2) is 10.9. The highest BCUT2D eigenvalue weighted by Crippen LogP contribution is 2.34. The summed E-state index contributed by atoms with van der Waals surface area (Å²) < 4.78 is 34.5. The molecular weight excluding hydrogens is 520 g/mol. The van der Waals surface area contributed by atoms with Crippen LogP contribution in [0.4, 0.5) is 26.1 Å². The van der Waals surface area contributed by atoms with Gasteiger partial charge in [0.05, 0.1) is 23.1 Å². The molecule has 1 aliphatic heterocycles. The van der Waals surface area contributed by atoms with E-state index in [1.54, 1.807) is 35.4 Å². The standard InChI is InChI=1S/C27H31F2N9O2/c1-27(39)8-4-18(5-9-27)33-21-13-23(31-15-19(21)20-7-11-37(36-20)26(28)29)34-22-6-10-30-25(35-22)17-14-32-38(16-17)24-3-2-12-40-24/h6-7,10-11,13-16,18,24,26,39H,2-5,8-9,12H2,1H3,(H2,30,31,33,34,35). The largest absolute Gasteiger partial charge is 0.390 e. The van der Waals surface area contributed by atoms with E-state index in [2.05, 4.69) is 35.8 Å². The number of ether oxygens (including phenoxy) is 1. The molecule has 2 aliphatic rings. The van der Waals surface area contributed by atoms with Crippen LogP contribution in [0, 0.1) is 0 Å². The highest BCUT2D eigenvalue weighted by atomic mass is 19.3. The van der Waals surface area contributed by atoms with Crippen molar-refractivity contribution >= 4 is 17.3 Å². The van der Waals surface area contributed by atoms with Crippen LogP contribution in [0.2, 0.25) is 0 Å². The van der Waals surface area contributed by atoms with Crippen molar-refractivity contribution in [2.75, 3.05) is 17.2 Å². The molecule has 0 amide bonds. The molecule has 0 bridgehead atoms. The van der Waals surface area contributed by atoms with Gasteiger partial charge in [-0.2, -0.15) is 19.0 Å². The predicted octanol–water partition coefficient (Wildman–Crippen LogP) is 5.15. The number of alkyl halides is 2. The third-order valence-corrected chi connectivity index (χ3v) is 7.38. The minimum atomic E-state index is -2.73. The van der Waals surface area contributed by atoms with E-state index >= 15 is 0 Å². The molecule has 11 nitrogen and oxygen atoms in total. The maximum absolute atomic E-state index is 13.2. The summed E-state index contributed by atoms with van der Waals surface area (Å²) in [6.07, 6.45) is 12.9. The molecule has 1 atom stereocenters. The number of hydrogen-bond donors (Lipinski definition) is 3. The van der Waals surface area contributed by atoms with Gasteiger partial charge in [0, 0.05) is 54.8 Å². The molecule has 6 rings (SSSR count). The van der Waals surface area contributed by atoms with Gasteiger partial charge in [-0.3, -0.25) is 0 Å². The number of aromatic nitrogens is 7. The minimum absolute atomic E-state index is 0.0638. The first-order chi connectivity index (χ1) is 19.3. The molecule has 0 radical (unpaired) electrons. The Labute approximate surface area is 229 Å². The summed E-state index contributed by atoms with van der Waals surface area (Å²) in [6.45, 7) is -0.151. The SMILES string of the molecule is CC1(O)CCC(Nc2cc(Nc3ccnc(-c4cnn(C5CCCO5)c4)n3)ncc2-c2ccn(C(F)F)n2)CC1. The number of nitrogens with zero attached hydrogens (tertiary/aromatic N) is 7. The molecule has 0 spiro atoms. The molecule has 2 fully saturated rings. The Kier molecular flexibility index (Phi) is 7.15. The lowest BCUT2D eigenvalue weighted by atomic mass is 9.83. The first kappa shape index (κ1) is 26.3. The van der Waals surface area contributed by atoms with E-state index in [1.807, 2.05) is 19.2 Å². The topological polar surface area (TPSA) is 128 Å². The van der Waals surface area contributed by atoms with Crippen molar-refractivity contribution in [1.29, 1.82) is 0 Å². The maximum Gasteiger partial charge on any atom is 0.333 e. The summed E-state index contributed by atoms with van der Waals surface area (Å²) in [7, 11) is 0. The lowest BCUT2D eigenvalue weighted by molar-refractivity contribution is 0.0196. The van der Waals surface area contributed by atoms with Gasteiger partial charge in [-0.05, 0) is 57.6 Å². The number of nitrogens with one attached hydrogen (secondary N) is 2. The molecule has 1 saturated carbocycles. The fourth-order valence-electron chi connectivity index (χ4n) is 5.12. The highest BCUT2D eigenvalue weighted by Gasteiger charge is 2.29. The fraction of sp³-hybridized carbons (Fsp3) is 0.444. The van der Waals surface area contributed by atoms with E-state index in [0.717, 1.165) is 37.9 Å². The third kappa shape index (κ3) is 5.80. The van der Waals surface area contributed by atoms with E-state index in [1.165, 1.54) is 6.20 Å². The van der Waals surface area contributed by atoms with E-state index in [0.29, 0.717) is 51.9 Å². The van der Waals surface area contributed by atoms with Crippen molar-refractivity contribution in [2.24, 2.45) is 0 Å². The van der Waals surface area contributed by atoms with Crippen molar-refractivity contribution in [1.82, 2.24) is 34.5 Å². The zero-order valence-electron chi connectivity index (χ0n) is 22.0. The Morgan fingerprint density at radius 2 is 1.98 bits per heavy atom. The van der Waals surface area contributed by atoms with Crippen LogP contribution in [0.5, 0.6) is 0 Å². The van der Waals surface area contributed by atoms with Gasteiger partial charge in [-0.25, -0.2) is 24.3 Å². The van der Waals surface area contributed by atoms with Crippen LogP contribution in [-0.2, 0) is 4.74 Å². The van der Waals surface area contributed by atoms with Crippen molar-refractivity contribution in [3.63, 3.8) is 0 Å². The van der Waals surface area contributed by atoms with Gasteiger partial charge in [0.15, 0.2) is 5.82 Å². The molecule has 40 heavy (non-hydrogen) atoms. The van der Waals surface area contributed by atoms with Crippen LogP contribution in [0.25, 0.3) is 22.6 Å². The molecule has 13 heteroatoms. The Hall–Kier alpha value is -3.97. The fourth-order valence-corrected chi connectivity index (χ4v) is 5.12.